The maximum absolute atomic E-state index is 6.05. The van der Waals surface area contributed by atoms with Gasteiger partial charge in [-0.15, -0.1) is 0 Å². The number of nitrogens with one attached hydrogen (secondary N) is 1. The zero-order valence-electron chi connectivity index (χ0n) is 10.5. The lowest BCUT2D eigenvalue weighted by Gasteiger charge is -2.18. The normalized spacial score (nSPS) is 16.7. The predicted octanol–water partition coefficient (Wildman–Crippen LogP) is 4.78. The monoisotopic (exact) mass is 387 g/mol. The third-order valence-corrected chi connectivity index (χ3v) is 4.84. The van der Waals surface area contributed by atoms with Crippen LogP contribution in [0.25, 0.3) is 11.4 Å². The lowest BCUT2D eigenvalue weighted by Crippen LogP contribution is -2.06. The highest BCUT2D eigenvalue weighted by Crippen LogP contribution is 2.32. The van der Waals surface area contributed by atoms with E-state index in [9.17, 15) is 0 Å². The van der Waals surface area contributed by atoms with E-state index >= 15 is 0 Å². The van der Waals surface area contributed by atoms with Crippen molar-refractivity contribution >= 4 is 34.2 Å². The summed E-state index contributed by atoms with van der Waals surface area (Å²) >= 11 is 8.34. The Balaban J connectivity index is 1.89. The lowest BCUT2D eigenvalue weighted by molar-refractivity contribution is 0.429. The van der Waals surface area contributed by atoms with Crippen LogP contribution in [-0.4, -0.2) is 15.2 Å². The van der Waals surface area contributed by atoms with Crippen molar-refractivity contribution in [3.05, 3.63) is 32.6 Å². The van der Waals surface area contributed by atoms with Gasteiger partial charge in [-0.2, -0.15) is 5.10 Å². The Morgan fingerprint density at radius 2 is 2.00 bits per heavy atom. The molecule has 2 aromatic rings. The summed E-state index contributed by atoms with van der Waals surface area (Å²) in [5.41, 5.74) is 1.01. The average molecular weight is 388 g/mol. The molecule has 100 valence electrons. The molecule has 0 bridgehead atoms. The van der Waals surface area contributed by atoms with E-state index in [0.29, 0.717) is 5.92 Å². The topological polar surface area (TPSA) is 41.6 Å². The third-order valence-electron chi connectivity index (χ3n) is 3.66. The van der Waals surface area contributed by atoms with Crippen LogP contribution in [0.4, 0.5) is 0 Å². The molecule has 0 spiro atoms. The summed E-state index contributed by atoms with van der Waals surface area (Å²) in [4.78, 5) is 4.68. The minimum absolute atomic E-state index is 0.548. The highest BCUT2D eigenvalue weighted by Gasteiger charge is 2.20. The molecule has 3 rings (SSSR count). The molecule has 1 N–H and O–H groups in total. The largest absolute Gasteiger partial charge is 0.262 e. The number of nitrogens with zero attached hydrogens (tertiary/aromatic N) is 2. The van der Waals surface area contributed by atoms with Crippen molar-refractivity contribution in [1.29, 1.82) is 0 Å². The van der Waals surface area contributed by atoms with E-state index in [1.54, 1.807) is 0 Å². The van der Waals surface area contributed by atoms with Gasteiger partial charge in [0.1, 0.15) is 5.82 Å². The number of aromatic nitrogens is 3. The van der Waals surface area contributed by atoms with Crippen molar-refractivity contribution in [2.45, 2.75) is 38.0 Å². The molecule has 0 aliphatic heterocycles. The van der Waals surface area contributed by atoms with Crippen LogP contribution in [0.15, 0.2) is 18.2 Å². The van der Waals surface area contributed by atoms with Gasteiger partial charge in [0.2, 0.25) is 0 Å². The van der Waals surface area contributed by atoms with Gasteiger partial charge in [0.05, 0.1) is 0 Å². The third kappa shape index (κ3) is 2.94. The minimum atomic E-state index is 0.548. The van der Waals surface area contributed by atoms with Crippen LogP contribution in [0.5, 0.6) is 0 Å². The number of hydrogen-bond donors (Lipinski definition) is 1. The van der Waals surface area contributed by atoms with Gasteiger partial charge in [-0.1, -0.05) is 30.9 Å². The number of H-pyrrole nitrogens is 1. The van der Waals surface area contributed by atoms with Crippen molar-refractivity contribution < 1.29 is 0 Å². The van der Waals surface area contributed by atoms with E-state index in [2.05, 4.69) is 37.8 Å². The number of hydrogen-bond acceptors (Lipinski definition) is 2. The fourth-order valence-electron chi connectivity index (χ4n) is 2.62. The maximum Gasteiger partial charge on any atom is 0.182 e. The number of halogens is 2. The van der Waals surface area contributed by atoms with E-state index in [1.807, 2.05) is 18.2 Å². The molecule has 1 aromatic carbocycles. The summed E-state index contributed by atoms with van der Waals surface area (Å²) < 4.78 is 1.12. The van der Waals surface area contributed by atoms with Gasteiger partial charge >= 0.3 is 0 Å². The van der Waals surface area contributed by atoms with E-state index in [1.165, 1.54) is 32.1 Å². The van der Waals surface area contributed by atoms with Gasteiger partial charge in [0.15, 0.2) is 5.82 Å². The molecule has 1 fully saturated rings. The molecule has 0 atom stereocenters. The number of benzene rings is 1. The standard InChI is InChI=1S/C14H15ClIN3/c15-10-6-7-12(16)11(8-10)14-17-13(18-19-14)9-4-2-1-3-5-9/h6-9H,1-5H2,(H,17,18,19). The first-order chi connectivity index (χ1) is 9.24. The quantitative estimate of drug-likeness (QED) is 0.754. The van der Waals surface area contributed by atoms with E-state index in [4.69, 9.17) is 11.6 Å². The first-order valence-corrected chi connectivity index (χ1v) is 8.07. The van der Waals surface area contributed by atoms with Crippen LogP contribution in [0.1, 0.15) is 43.8 Å². The van der Waals surface area contributed by atoms with E-state index in [0.717, 1.165) is 25.8 Å². The molecule has 19 heavy (non-hydrogen) atoms. The SMILES string of the molecule is Clc1ccc(I)c(-c2n[nH]c(C3CCCCC3)n2)c1. The van der Waals surface area contributed by atoms with Gasteiger partial charge in [-0.05, 0) is 53.6 Å². The van der Waals surface area contributed by atoms with Crippen molar-refractivity contribution in [1.82, 2.24) is 15.2 Å². The van der Waals surface area contributed by atoms with Crippen molar-refractivity contribution in [2.75, 3.05) is 0 Å². The Morgan fingerprint density at radius 1 is 1.21 bits per heavy atom. The highest BCUT2D eigenvalue weighted by molar-refractivity contribution is 14.1. The van der Waals surface area contributed by atoms with Crippen LogP contribution in [0, 0.1) is 3.57 Å². The molecule has 3 nitrogen and oxygen atoms in total. The fraction of sp³-hybridized carbons (Fsp3) is 0.429. The maximum atomic E-state index is 6.05. The number of aromatic amines is 1. The molecule has 1 heterocycles. The van der Waals surface area contributed by atoms with Gasteiger partial charge < -0.3 is 0 Å². The van der Waals surface area contributed by atoms with E-state index in [-0.39, 0.29) is 0 Å². The van der Waals surface area contributed by atoms with Crippen LogP contribution in [0.2, 0.25) is 5.02 Å². The number of rotatable bonds is 2. The van der Waals surface area contributed by atoms with Crippen molar-refractivity contribution in [3.63, 3.8) is 0 Å². The van der Waals surface area contributed by atoms with Gasteiger partial charge in [-0.3, -0.25) is 5.10 Å². The first kappa shape index (κ1) is 13.4. The van der Waals surface area contributed by atoms with Crippen LogP contribution < -0.4 is 0 Å². The van der Waals surface area contributed by atoms with Crippen LogP contribution in [-0.2, 0) is 0 Å². The summed E-state index contributed by atoms with van der Waals surface area (Å²) in [5.74, 6) is 2.34. The molecule has 0 radical (unpaired) electrons. The zero-order valence-corrected chi connectivity index (χ0v) is 13.4. The Morgan fingerprint density at radius 3 is 2.79 bits per heavy atom. The molecular weight excluding hydrogens is 373 g/mol. The Kier molecular flexibility index (Phi) is 4.07. The van der Waals surface area contributed by atoms with Gasteiger partial charge in [0.25, 0.3) is 0 Å². The van der Waals surface area contributed by atoms with Crippen LogP contribution in [0.3, 0.4) is 0 Å². The molecule has 5 heteroatoms. The summed E-state index contributed by atoms with van der Waals surface area (Å²) in [7, 11) is 0. The second-order valence-electron chi connectivity index (χ2n) is 5.00. The van der Waals surface area contributed by atoms with Gasteiger partial charge in [-0.25, -0.2) is 4.98 Å². The molecule has 1 aliphatic rings. The summed E-state index contributed by atoms with van der Waals surface area (Å²) in [6, 6.07) is 5.81. The Bertz CT molecular complexity index is 576. The molecule has 0 amide bonds. The van der Waals surface area contributed by atoms with Crippen molar-refractivity contribution in [2.24, 2.45) is 0 Å². The van der Waals surface area contributed by atoms with E-state index < -0.39 is 0 Å². The summed E-state index contributed by atoms with van der Waals surface area (Å²) in [6.45, 7) is 0. The second kappa shape index (κ2) is 5.79. The Labute approximate surface area is 131 Å². The highest BCUT2D eigenvalue weighted by atomic mass is 127. The zero-order chi connectivity index (χ0) is 13.2. The predicted molar refractivity (Wildman–Crippen MR) is 85.4 cm³/mol. The molecule has 1 saturated carbocycles. The first-order valence-electron chi connectivity index (χ1n) is 6.62. The average Bonchev–Trinajstić information content (AvgIpc) is 2.92. The molecule has 1 aliphatic carbocycles. The minimum Gasteiger partial charge on any atom is -0.262 e. The molecule has 0 saturated heterocycles. The van der Waals surface area contributed by atoms with Gasteiger partial charge in [0, 0.05) is 20.1 Å². The smallest absolute Gasteiger partial charge is 0.182 e. The molecular formula is C14H15ClIN3. The molecule has 0 unspecified atom stereocenters. The summed E-state index contributed by atoms with van der Waals surface area (Å²) in [5, 5.41) is 8.20. The summed E-state index contributed by atoms with van der Waals surface area (Å²) in [6.07, 6.45) is 6.40. The Hall–Kier alpha value is -0.620. The second-order valence-corrected chi connectivity index (χ2v) is 6.60. The molecule has 1 aromatic heterocycles. The van der Waals surface area contributed by atoms with Crippen LogP contribution >= 0.6 is 34.2 Å². The lowest BCUT2D eigenvalue weighted by atomic mass is 9.89. The van der Waals surface area contributed by atoms with Crippen molar-refractivity contribution in [3.8, 4) is 11.4 Å². The fourth-order valence-corrected chi connectivity index (χ4v) is 3.37.